The van der Waals surface area contributed by atoms with E-state index in [4.69, 9.17) is 0 Å². The minimum atomic E-state index is -0.000270. The molecular weight excluding hydrogens is 376 g/mol. The molecule has 28 heavy (non-hydrogen) atoms. The molecule has 0 bridgehead atoms. The lowest BCUT2D eigenvalue weighted by molar-refractivity contribution is -0.132. The third-order valence-electron chi connectivity index (χ3n) is 6.59. The zero-order valence-corrected chi connectivity index (χ0v) is 18.3. The van der Waals surface area contributed by atoms with Crippen LogP contribution in [0, 0.1) is 11.8 Å². The molecular formula is C21H39ClN4O2. The Labute approximate surface area is 176 Å². The van der Waals surface area contributed by atoms with Crippen molar-refractivity contribution in [3.05, 3.63) is 0 Å². The molecule has 1 saturated carbocycles. The molecule has 2 unspecified atom stereocenters. The lowest BCUT2D eigenvalue weighted by Gasteiger charge is -2.34. The number of rotatable bonds is 7. The minimum absolute atomic E-state index is 0. The summed E-state index contributed by atoms with van der Waals surface area (Å²) in [6.45, 7) is 5.04. The van der Waals surface area contributed by atoms with Crippen molar-refractivity contribution < 1.29 is 9.59 Å². The molecule has 2 amide bonds. The van der Waals surface area contributed by atoms with Crippen LogP contribution in [0.25, 0.3) is 0 Å². The number of amides is 2. The molecule has 1 aliphatic carbocycles. The fourth-order valence-corrected chi connectivity index (χ4v) is 4.91. The monoisotopic (exact) mass is 414 g/mol. The van der Waals surface area contributed by atoms with E-state index < -0.39 is 0 Å². The standard InChI is InChI=1S/C21H38N4O2.ClH/c1-24(14-17-7-3-2-4-8-17)20(26)16-25-12-6-9-18(15-25)13-23-21(27)19-10-5-11-22-19;/h17-19,22H,2-16H2,1H3,(H,23,27);1H. The molecule has 2 atom stereocenters. The first kappa shape index (κ1) is 23.4. The van der Waals surface area contributed by atoms with Gasteiger partial charge in [0, 0.05) is 26.7 Å². The van der Waals surface area contributed by atoms with E-state index in [0.717, 1.165) is 58.4 Å². The Morgan fingerprint density at radius 3 is 2.50 bits per heavy atom. The van der Waals surface area contributed by atoms with E-state index in [-0.39, 0.29) is 30.3 Å². The number of piperidine rings is 1. The molecule has 2 saturated heterocycles. The van der Waals surface area contributed by atoms with E-state index in [1.807, 2.05) is 11.9 Å². The molecule has 7 heteroatoms. The molecule has 2 heterocycles. The zero-order chi connectivity index (χ0) is 19.1. The fraction of sp³-hybridized carbons (Fsp3) is 0.905. The predicted molar refractivity (Wildman–Crippen MR) is 115 cm³/mol. The maximum atomic E-state index is 12.6. The van der Waals surface area contributed by atoms with Gasteiger partial charge in [0.1, 0.15) is 0 Å². The molecule has 6 nitrogen and oxygen atoms in total. The van der Waals surface area contributed by atoms with E-state index in [9.17, 15) is 9.59 Å². The van der Waals surface area contributed by atoms with Crippen molar-refractivity contribution in [2.45, 2.75) is 63.8 Å². The number of carbonyl (C=O) groups is 2. The average molecular weight is 415 g/mol. The van der Waals surface area contributed by atoms with Gasteiger partial charge in [-0.2, -0.15) is 0 Å². The highest BCUT2D eigenvalue weighted by Gasteiger charge is 2.26. The van der Waals surface area contributed by atoms with Gasteiger partial charge in [0.2, 0.25) is 11.8 Å². The normalized spacial score (nSPS) is 26.5. The highest BCUT2D eigenvalue weighted by molar-refractivity contribution is 5.85. The molecule has 0 aromatic heterocycles. The Morgan fingerprint density at radius 1 is 1.04 bits per heavy atom. The Balaban J connectivity index is 0.00000280. The molecule has 0 aromatic carbocycles. The van der Waals surface area contributed by atoms with Crippen LogP contribution in [-0.2, 0) is 9.59 Å². The summed E-state index contributed by atoms with van der Waals surface area (Å²) < 4.78 is 0. The molecule has 162 valence electrons. The van der Waals surface area contributed by atoms with Crippen LogP contribution in [0.5, 0.6) is 0 Å². The highest BCUT2D eigenvalue weighted by atomic mass is 35.5. The van der Waals surface area contributed by atoms with Gasteiger partial charge in [-0.1, -0.05) is 19.3 Å². The van der Waals surface area contributed by atoms with E-state index in [2.05, 4.69) is 15.5 Å². The number of nitrogens with zero attached hydrogens (tertiary/aromatic N) is 2. The molecule has 3 aliphatic rings. The van der Waals surface area contributed by atoms with E-state index in [1.165, 1.54) is 32.1 Å². The summed E-state index contributed by atoms with van der Waals surface area (Å²) in [5.41, 5.74) is 0. The third-order valence-corrected chi connectivity index (χ3v) is 6.59. The first-order valence-corrected chi connectivity index (χ1v) is 11.1. The smallest absolute Gasteiger partial charge is 0.237 e. The van der Waals surface area contributed by atoms with Crippen molar-refractivity contribution in [3.63, 3.8) is 0 Å². The Bertz CT molecular complexity index is 493. The highest BCUT2D eigenvalue weighted by Crippen LogP contribution is 2.24. The van der Waals surface area contributed by atoms with Crippen molar-refractivity contribution in [3.8, 4) is 0 Å². The summed E-state index contributed by atoms with van der Waals surface area (Å²) in [6.07, 6.45) is 10.8. The molecule has 0 aromatic rings. The third kappa shape index (κ3) is 7.20. The first-order valence-electron chi connectivity index (χ1n) is 11.1. The van der Waals surface area contributed by atoms with Crippen molar-refractivity contribution >= 4 is 24.2 Å². The average Bonchev–Trinajstić information content (AvgIpc) is 3.22. The van der Waals surface area contributed by atoms with Crippen molar-refractivity contribution in [2.24, 2.45) is 11.8 Å². The number of likely N-dealkylation sites (tertiary alicyclic amines) is 1. The van der Waals surface area contributed by atoms with Crippen molar-refractivity contribution in [2.75, 3.05) is 46.3 Å². The van der Waals surface area contributed by atoms with Crippen LogP contribution in [0.15, 0.2) is 0 Å². The Morgan fingerprint density at radius 2 is 1.79 bits per heavy atom. The summed E-state index contributed by atoms with van der Waals surface area (Å²) in [7, 11) is 1.97. The van der Waals surface area contributed by atoms with Crippen LogP contribution in [0.4, 0.5) is 0 Å². The van der Waals surface area contributed by atoms with Crippen molar-refractivity contribution in [1.29, 1.82) is 0 Å². The molecule has 3 rings (SSSR count). The van der Waals surface area contributed by atoms with Gasteiger partial charge in [0.15, 0.2) is 0 Å². The fourth-order valence-electron chi connectivity index (χ4n) is 4.91. The number of hydrogen-bond acceptors (Lipinski definition) is 4. The molecule has 0 radical (unpaired) electrons. The summed E-state index contributed by atoms with van der Waals surface area (Å²) >= 11 is 0. The van der Waals surface area contributed by atoms with Gasteiger partial charge in [-0.3, -0.25) is 14.5 Å². The number of hydrogen-bond donors (Lipinski definition) is 2. The van der Waals surface area contributed by atoms with Gasteiger partial charge in [-0.05, 0) is 63.5 Å². The van der Waals surface area contributed by atoms with Gasteiger partial charge in [0.05, 0.1) is 12.6 Å². The van der Waals surface area contributed by atoms with Crippen LogP contribution < -0.4 is 10.6 Å². The lowest BCUT2D eigenvalue weighted by Crippen LogP contribution is -2.48. The summed E-state index contributed by atoms with van der Waals surface area (Å²) in [4.78, 5) is 29.1. The van der Waals surface area contributed by atoms with Crippen LogP contribution >= 0.6 is 12.4 Å². The zero-order valence-electron chi connectivity index (χ0n) is 17.5. The van der Waals surface area contributed by atoms with Crippen LogP contribution in [-0.4, -0.2) is 74.0 Å². The summed E-state index contributed by atoms with van der Waals surface area (Å²) in [6, 6.07) is -0.000270. The van der Waals surface area contributed by atoms with E-state index in [1.54, 1.807) is 0 Å². The SMILES string of the molecule is CN(CC1CCCCC1)C(=O)CN1CCCC(CNC(=O)C2CCCN2)C1.Cl. The second kappa shape index (κ2) is 12.0. The largest absolute Gasteiger partial charge is 0.354 e. The summed E-state index contributed by atoms with van der Waals surface area (Å²) in [5, 5.41) is 6.37. The van der Waals surface area contributed by atoms with Gasteiger partial charge < -0.3 is 15.5 Å². The minimum Gasteiger partial charge on any atom is -0.354 e. The van der Waals surface area contributed by atoms with Gasteiger partial charge in [0.25, 0.3) is 0 Å². The van der Waals surface area contributed by atoms with Crippen LogP contribution in [0.3, 0.4) is 0 Å². The lowest BCUT2D eigenvalue weighted by atomic mass is 9.89. The van der Waals surface area contributed by atoms with E-state index in [0.29, 0.717) is 18.4 Å². The number of nitrogens with one attached hydrogen (secondary N) is 2. The number of carbonyl (C=O) groups excluding carboxylic acids is 2. The van der Waals surface area contributed by atoms with Gasteiger partial charge in [-0.25, -0.2) is 0 Å². The molecule has 3 fully saturated rings. The van der Waals surface area contributed by atoms with Gasteiger partial charge >= 0.3 is 0 Å². The molecule has 2 N–H and O–H groups in total. The van der Waals surface area contributed by atoms with Crippen LogP contribution in [0.1, 0.15) is 57.8 Å². The van der Waals surface area contributed by atoms with Crippen LogP contribution in [0.2, 0.25) is 0 Å². The van der Waals surface area contributed by atoms with Crippen molar-refractivity contribution in [1.82, 2.24) is 20.4 Å². The maximum Gasteiger partial charge on any atom is 0.237 e. The Hall–Kier alpha value is -0.850. The second-order valence-corrected chi connectivity index (χ2v) is 8.92. The van der Waals surface area contributed by atoms with Gasteiger partial charge in [-0.15, -0.1) is 12.4 Å². The Kier molecular flexibility index (Phi) is 10.0. The summed E-state index contributed by atoms with van der Waals surface area (Å²) in [5.74, 6) is 1.55. The number of halogens is 1. The molecule has 0 spiro atoms. The maximum absolute atomic E-state index is 12.6. The topological polar surface area (TPSA) is 64.7 Å². The first-order chi connectivity index (χ1) is 13.1. The number of likely N-dealkylation sites (N-methyl/N-ethyl adjacent to an activating group) is 1. The van der Waals surface area contributed by atoms with E-state index >= 15 is 0 Å². The molecule has 2 aliphatic heterocycles. The quantitative estimate of drug-likeness (QED) is 0.669. The predicted octanol–water partition coefficient (Wildman–Crippen LogP) is 2.03. The second-order valence-electron chi connectivity index (χ2n) is 8.92.